The van der Waals surface area contributed by atoms with Crippen LogP contribution in [0.3, 0.4) is 0 Å². The lowest BCUT2D eigenvalue weighted by atomic mass is 10.2. The zero-order valence-electron chi connectivity index (χ0n) is 10.1. The maximum atomic E-state index is 4.14. The number of pyridine rings is 1. The summed E-state index contributed by atoms with van der Waals surface area (Å²) in [6.07, 6.45) is 3.76. The van der Waals surface area contributed by atoms with Crippen molar-refractivity contribution in [3.8, 4) is 0 Å². The zero-order chi connectivity index (χ0) is 11.3. The van der Waals surface area contributed by atoms with E-state index < -0.39 is 0 Å². The Morgan fingerprint density at radius 3 is 2.73 bits per heavy atom. The van der Waals surface area contributed by atoms with Crippen LogP contribution in [0.4, 0.5) is 5.69 Å². The van der Waals surface area contributed by atoms with E-state index in [1.165, 1.54) is 11.3 Å². The summed E-state index contributed by atoms with van der Waals surface area (Å²) in [6.45, 7) is 6.39. The first-order valence-electron chi connectivity index (χ1n) is 5.42. The first-order chi connectivity index (χ1) is 7.11. The van der Waals surface area contributed by atoms with E-state index in [1.807, 2.05) is 26.5 Å². The maximum absolute atomic E-state index is 4.14. The van der Waals surface area contributed by atoms with Gasteiger partial charge in [0, 0.05) is 26.8 Å². The van der Waals surface area contributed by atoms with Crippen molar-refractivity contribution >= 4 is 5.69 Å². The molecule has 0 fully saturated rings. The Bertz CT molecular complexity index is 295. The van der Waals surface area contributed by atoms with E-state index in [1.54, 1.807) is 0 Å². The number of aromatic nitrogens is 1. The summed E-state index contributed by atoms with van der Waals surface area (Å²) >= 11 is 0. The van der Waals surface area contributed by atoms with Gasteiger partial charge in [-0.2, -0.15) is 0 Å². The maximum Gasteiger partial charge on any atom is 0.0593 e. The highest BCUT2D eigenvalue weighted by Gasteiger charge is 2.03. The smallest absolute Gasteiger partial charge is 0.0593 e. The quantitative estimate of drug-likeness (QED) is 0.799. The number of rotatable bonds is 5. The average Bonchev–Trinajstić information content (AvgIpc) is 2.17. The van der Waals surface area contributed by atoms with Gasteiger partial charge in [-0.05, 0) is 24.1 Å². The van der Waals surface area contributed by atoms with Crippen molar-refractivity contribution in [3.63, 3.8) is 0 Å². The van der Waals surface area contributed by atoms with Crippen molar-refractivity contribution in [2.24, 2.45) is 5.92 Å². The van der Waals surface area contributed by atoms with E-state index in [0.717, 1.165) is 13.1 Å². The fourth-order valence-corrected chi connectivity index (χ4v) is 1.46. The van der Waals surface area contributed by atoms with Gasteiger partial charge in [-0.3, -0.25) is 4.98 Å². The van der Waals surface area contributed by atoms with Crippen molar-refractivity contribution in [3.05, 3.63) is 24.0 Å². The SMILES string of the molecule is CC(C)CNCc1ccncc1N(C)C. The molecule has 0 saturated heterocycles. The van der Waals surface area contributed by atoms with Gasteiger partial charge in [0.1, 0.15) is 0 Å². The summed E-state index contributed by atoms with van der Waals surface area (Å²) in [5.74, 6) is 0.689. The molecule has 1 aromatic heterocycles. The molecule has 1 rings (SSSR count). The molecular formula is C12H21N3. The van der Waals surface area contributed by atoms with Crippen LogP contribution in [0.1, 0.15) is 19.4 Å². The Balaban J connectivity index is 2.59. The van der Waals surface area contributed by atoms with Crippen LogP contribution in [-0.2, 0) is 6.54 Å². The summed E-state index contributed by atoms with van der Waals surface area (Å²) in [4.78, 5) is 6.24. The van der Waals surface area contributed by atoms with Crippen LogP contribution in [0.5, 0.6) is 0 Å². The van der Waals surface area contributed by atoms with E-state index in [9.17, 15) is 0 Å². The lowest BCUT2D eigenvalue weighted by Gasteiger charge is -2.17. The number of anilines is 1. The van der Waals surface area contributed by atoms with Gasteiger partial charge in [0.25, 0.3) is 0 Å². The highest BCUT2D eigenvalue weighted by Crippen LogP contribution is 2.15. The Hall–Kier alpha value is -1.09. The van der Waals surface area contributed by atoms with Gasteiger partial charge < -0.3 is 10.2 Å². The summed E-state index contributed by atoms with van der Waals surface area (Å²) in [6, 6.07) is 2.07. The van der Waals surface area contributed by atoms with Crippen LogP contribution in [0.15, 0.2) is 18.5 Å². The lowest BCUT2D eigenvalue weighted by Crippen LogP contribution is -2.21. The molecule has 3 heteroatoms. The fraction of sp³-hybridized carbons (Fsp3) is 0.583. The number of hydrogen-bond acceptors (Lipinski definition) is 3. The van der Waals surface area contributed by atoms with Crippen LogP contribution < -0.4 is 10.2 Å². The van der Waals surface area contributed by atoms with Crippen molar-refractivity contribution in [1.29, 1.82) is 0 Å². The predicted octanol–water partition coefficient (Wildman–Crippen LogP) is 1.89. The Morgan fingerprint density at radius 1 is 1.40 bits per heavy atom. The second-order valence-corrected chi connectivity index (χ2v) is 4.42. The third-order valence-electron chi connectivity index (χ3n) is 2.24. The fourth-order valence-electron chi connectivity index (χ4n) is 1.46. The summed E-state index contributed by atoms with van der Waals surface area (Å²) < 4.78 is 0. The zero-order valence-corrected chi connectivity index (χ0v) is 10.1. The molecule has 0 aliphatic rings. The topological polar surface area (TPSA) is 28.2 Å². The van der Waals surface area contributed by atoms with Crippen molar-refractivity contribution in [2.45, 2.75) is 20.4 Å². The van der Waals surface area contributed by atoms with Crippen molar-refractivity contribution < 1.29 is 0 Å². The van der Waals surface area contributed by atoms with Crippen LogP contribution in [0, 0.1) is 5.92 Å². The molecule has 0 aliphatic heterocycles. The van der Waals surface area contributed by atoms with Crippen LogP contribution in [-0.4, -0.2) is 25.6 Å². The summed E-state index contributed by atoms with van der Waals surface area (Å²) in [5, 5.41) is 3.44. The van der Waals surface area contributed by atoms with E-state index >= 15 is 0 Å². The second-order valence-electron chi connectivity index (χ2n) is 4.42. The van der Waals surface area contributed by atoms with Gasteiger partial charge in [0.05, 0.1) is 11.9 Å². The van der Waals surface area contributed by atoms with E-state index in [4.69, 9.17) is 0 Å². The third kappa shape index (κ3) is 3.88. The molecule has 0 aromatic carbocycles. The molecular weight excluding hydrogens is 186 g/mol. The number of nitrogens with one attached hydrogen (secondary N) is 1. The van der Waals surface area contributed by atoms with E-state index in [2.05, 4.69) is 35.1 Å². The normalized spacial score (nSPS) is 10.7. The molecule has 1 heterocycles. The van der Waals surface area contributed by atoms with Crippen LogP contribution in [0.2, 0.25) is 0 Å². The average molecular weight is 207 g/mol. The summed E-state index contributed by atoms with van der Waals surface area (Å²) in [7, 11) is 4.09. The Kier molecular flexibility index (Phi) is 4.56. The third-order valence-corrected chi connectivity index (χ3v) is 2.24. The molecule has 84 valence electrons. The van der Waals surface area contributed by atoms with Crippen molar-refractivity contribution in [1.82, 2.24) is 10.3 Å². The largest absolute Gasteiger partial charge is 0.376 e. The molecule has 15 heavy (non-hydrogen) atoms. The van der Waals surface area contributed by atoms with Gasteiger partial charge in [-0.15, -0.1) is 0 Å². The molecule has 0 spiro atoms. The van der Waals surface area contributed by atoms with E-state index in [0.29, 0.717) is 5.92 Å². The number of nitrogens with zero attached hydrogens (tertiary/aromatic N) is 2. The molecule has 1 N–H and O–H groups in total. The molecule has 0 atom stereocenters. The predicted molar refractivity (Wildman–Crippen MR) is 65.1 cm³/mol. The van der Waals surface area contributed by atoms with Gasteiger partial charge in [0.15, 0.2) is 0 Å². The minimum absolute atomic E-state index is 0.689. The van der Waals surface area contributed by atoms with E-state index in [-0.39, 0.29) is 0 Å². The number of hydrogen-bond donors (Lipinski definition) is 1. The summed E-state index contributed by atoms with van der Waals surface area (Å²) in [5.41, 5.74) is 2.49. The van der Waals surface area contributed by atoms with Crippen molar-refractivity contribution in [2.75, 3.05) is 25.5 Å². The highest BCUT2D eigenvalue weighted by molar-refractivity contribution is 5.50. The minimum Gasteiger partial charge on any atom is -0.376 e. The van der Waals surface area contributed by atoms with Gasteiger partial charge in [0.2, 0.25) is 0 Å². The monoisotopic (exact) mass is 207 g/mol. The minimum atomic E-state index is 0.689. The molecule has 0 amide bonds. The highest BCUT2D eigenvalue weighted by atomic mass is 15.1. The molecule has 0 bridgehead atoms. The molecule has 0 unspecified atom stereocenters. The van der Waals surface area contributed by atoms with Crippen LogP contribution >= 0.6 is 0 Å². The standard InChI is InChI=1S/C12H21N3/c1-10(2)7-14-8-11-5-6-13-9-12(11)15(3)4/h5-6,9-10,14H,7-8H2,1-4H3. The van der Waals surface area contributed by atoms with Gasteiger partial charge in [-0.1, -0.05) is 13.8 Å². The first kappa shape index (κ1) is 12.0. The van der Waals surface area contributed by atoms with Gasteiger partial charge in [-0.25, -0.2) is 0 Å². The molecule has 3 nitrogen and oxygen atoms in total. The first-order valence-corrected chi connectivity index (χ1v) is 5.42. The Morgan fingerprint density at radius 2 is 2.13 bits per heavy atom. The van der Waals surface area contributed by atoms with Crippen LogP contribution in [0.25, 0.3) is 0 Å². The van der Waals surface area contributed by atoms with Gasteiger partial charge >= 0.3 is 0 Å². The molecule has 0 saturated carbocycles. The molecule has 0 radical (unpaired) electrons. The second kappa shape index (κ2) is 5.71. The Labute approximate surface area is 92.5 Å². The lowest BCUT2D eigenvalue weighted by molar-refractivity contribution is 0.552. The molecule has 1 aromatic rings. The molecule has 0 aliphatic carbocycles.